The van der Waals surface area contributed by atoms with Crippen LogP contribution in [-0.2, 0) is 9.67 Å². The topological polar surface area (TPSA) is 38.3 Å². The van der Waals surface area contributed by atoms with Crippen LogP contribution in [0.1, 0.15) is 25.3 Å². The van der Waals surface area contributed by atoms with Crippen molar-refractivity contribution in [1.29, 1.82) is 0 Å². The third-order valence-electron chi connectivity index (χ3n) is 3.15. The molecule has 2 rings (SSSR count). The van der Waals surface area contributed by atoms with Crippen LogP contribution < -0.4 is 10.1 Å². The molecule has 2 unspecified atom stereocenters. The number of carbonyl (C=O) groups excluding carboxylic acids is 1. The fourth-order valence-corrected chi connectivity index (χ4v) is 2.50. The Morgan fingerprint density at radius 3 is 2.83 bits per heavy atom. The van der Waals surface area contributed by atoms with Crippen LogP contribution in [0.4, 0.5) is 5.69 Å². The molecule has 0 aromatic heterocycles. The number of amides is 1. The van der Waals surface area contributed by atoms with Gasteiger partial charge in [0.05, 0.1) is 7.11 Å². The first-order chi connectivity index (χ1) is 8.47. The Hall–Kier alpha value is -0.930. The molecule has 0 bridgehead atoms. The lowest BCUT2D eigenvalue weighted by Gasteiger charge is -2.20. The summed E-state index contributed by atoms with van der Waals surface area (Å²) in [7, 11) is 1.59. The summed E-state index contributed by atoms with van der Waals surface area (Å²) in [5.41, 5.74) is 1.52. The zero-order valence-electron chi connectivity index (χ0n) is 10.3. The molecule has 0 fully saturated rings. The Morgan fingerprint density at radius 1 is 1.50 bits per heavy atom. The first kappa shape index (κ1) is 13.5. The van der Waals surface area contributed by atoms with Crippen LogP contribution in [-0.4, -0.2) is 18.4 Å². The lowest BCUT2D eigenvalue weighted by atomic mass is 9.93. The minimum Gasteiger partial charge on any atom is -0.497 e. The quantitative estimate of drug-likeness (QED) is 0.861. The minimum atomic E-state index is -1.03. The van der Waals surface area contributed by atoms with E-state index in [2.05, 4.69) is 5.32 Å². The fourth-order valence-electron chi connectivity index (χ4n) is 2.08. The third kappa shape index (κ3) is 2.29. The van der Waals surface area contributed by atoms with Gasteiger partial charge in [-0.3, -0.25) is 4.79 Å². The van der Waals surface area contributed by atoms with E-state index in [0.717, 1.165) is 11.3 Å². The van der Waals surface area contributed by atoms with Gasteiger partial charge in [0.15, 0.2) is 4.87 Å². The average molecular weight is 288 g/mol. The first-order valence-electron chi connectivity index (χ1n) is 5.80. The highest BCUT2D eigenvalue weighted by atomic mass is 35.5. The predicted molar refractivity (Wildman–Crippen MR) is 73.7 cm³/mol. The van der Waals surface area contributed by atoms with E-state index in [4.69, 9.17) is 27.9 Å². The second-order valence-electron chi connectivity index (χ2n) is 4.49. The van der Waals surface area contributed by atoms with Gasteiger partial charge in [-0.25, -0.2) is 0 Å². The molecule has 1 amide bonds. The number of rotatable bonds is 4. The normalized spacial score (nSPS) is 23.4. The standard InChI is InChI=1S/C13H15Cl2NO2/c1-8(14)5-6-13(15)10-7-9(18-2)3-4-11(10)16-12(13)17/h3-4,7-8H,5-6H2,1-2H3,(H,16,17). The molecule has 1 heterocycles. The van der Waals surface area contributed by atoms with Crippen LogP contribution in [0.25, 0.3) is 0 Å². The fraction of sp³-hybridized carbons (Fsp3) is 0.462. The van der Waals surface area contributed by atoms with E-state index in [-0.39, 0.29) is 11.3 Å². The maximum absolute atomic E-state index is 12.0. The van der Waals surface area contributed by atoms with E-state index in [9.17, 15) is 4.79 Å². The maximum Gasteiger partial charge on any atom is 0.250 e. The van der Waals surface area contributed by atoms with Crippen molar-refractivity contribution in [3.05, 3.63) is 23.8 Å². The lowest BCUT2D eigenvalue weighted by Crippen LogP contribution is -2.28. The van der Waals surface area contributed by atoms with Crippen molar-refractivity contribution in [2.45, 2.75) is 30.0 Å². The summed E-state index contributed by atoms with van der Waals surface area (Å²) in [6, 6.07) is 5.41. The minimum absolute atomic E-state index is 0.0110. The number of hydrogen-bond acceptors (Lipinski definition) is 2. The smallest absolute Gasteiger partial charge is 0.250 e. The second-order valence-corrected chi connectivity index (χ2v) is 5.88. The number of fused-ring (bicyclic) bond motifs is 1. The number of anilines is 1. The summed E-state index contributed by atoms with van der Waals surface area (Å²) in [4.78, 5) is 11.0. The van der Waals surface area contributed by atoms with Crippen LogP contribution >= 0.6 is 23.2 Å². The Bertz CT molecular complexity index is 476. The number of ether oxygens (including phenoxy) is 1. The van der Waals surface area contributed by atoms with Crippen molar-refractivity contribution in [2.24, 2.45) is 0 Å². The Balaban J connectivity index is 2.35. The van der Waals surface area contributed by atoms with Crippen molar-refractivity contribution in [3.8, 4) is 5.75 Å². The number of hydrogen-bond donors (Lipinski definition) is 1. The molecule has 1 aliphatic rings. The van der Waals surface area contributed by atoms with Crippen LogP contribution in [0, 0.1) is 0 Å². The van der Waals surface area contributed by atoms with Gasteiger partial charge in [0.25, 0.3) is 0 Å². The van der Waals surface area contributed by atoms with Gasteiger partial charge in [-0.15, -0.1) is 23.2 Å². The van der Waals surface area contributed by atoms with Gasteiger partial charge in [0.2, 0.25) is 5.91 Å². The molecule has 1 aromatic rings. The van der Waals surface area contributed by atoms with Gasteiger partial charge in [-0.05, 0) is 38.0 Å². The van der Waals surface area contributed by atoms with E-state index >= 15 is 0 Å². The van der Waals surface area contributed by atoms with Crippen LogP contribution in [0.2, 0.25) is 0 Å². The molecule has 0 saturated carbocycles. The summed E-state index contributed by atoms with van der Waals surface area (Å²) in [5, 5.41) is 2.78. The summed E-state index contributed by atoms with van der Waals surface area (Å²) in [6.45, 7) is 1.89. The van der Waals surface area contributed by atoms with E-state index in [1.54, 1.807) is 25.3 Å². The average Bonchev–Trinajstić information content (AvgIpc) is 2.59. The van der Waals surface area contributed by atoms with Crippen molar-refractivity contribution >= 4 is 34.8 Å². The molecule has 0 aliphatic carbocycles. The molecule has 0 saturated heterocycles. The Morgan fingerprint density at radius 2 is 2.22 bits per heavy atom. The van der Waals surface area contributed by atoms with Crippen LogP contribution in [0.5, 0.6) is 5.75 Å². The molecule has 1 aromatic carbocycles. The van der Waals surface area contributed by atoms with Crippen molar-refractivity contribution < 1.29 is 9.53 Å². The third-order valence-corrected chi connectivity index (χ3v) is 3.93. The number of carbonyl (C=O) groups is 1. The Kier molecular flexibility index (Phi) is 3.74. The first-order valence-corrected chi connectivity index (χ1v) is 6.62. The molecule has 1 N–H and O–H groups in total. The van der Waals surface area contributed by atoms with Gasteiger partial charge in [0.1, 0.15) is 5.75 Å². The van der Waals surface area contributed by atoms with Gasteiger partial charge in [-0.1, -0.05) is 0 Å². The summed E-state index contributed by atoms with van der Waals surface area (Å²) in [6.07, 6.45) is 1.18. The van der Waals surface area contributed by atoms with Gasteiger partial charge in [-0.2, -0.15) is 0 Å². The molecule has 1 aliphatic heterocycles. The van der Waals surface area contributed by atoms with E-state index < -0.39 is 4.87 Å². The lowest BCUT2D eigenvalue weighted by molar-refractivity contribution is -0.118. The summed E-state index contributed by atoms with van der Waals surface area (Å²) < 4.78 is 5.17. The van der Waals surface area contributed by atoms with Crippen molar-refractivity contribution in [1.82, 2.24) is 0 Å². The van der Waals surface area contributed by atoms with E-state index in [1.165, 1.54) is 0 Å². The van der Waals surface area contributed by atoms with Crippen molar-refractivity contribution in [2.75, 3.05) is 12.4 Å². The predicted octanol–water partition coefficient (Wildman–Crippen LogP) is 3.49. The van der Waals surface area contributed by atoms with Crippen LogP contribution in [0.15, 0.2) is 18.2 Å². The summed E-state index contributed by atoms with van der Waals surface area (Å²) >= 11 is 12.4. The summed E-state index contributed by atoms with van der Waals surface area (Å²) in [5.74, 6) is 0.499. The molecule has 0 spiro atoms. The van der Waals surface area contributed by atoms with E-state index in [0.29, 0.717) is 18.6 Å². The van der Waals surface area contributed by atoms with Gasteiger partial charge >= 0.3 is 0 Å². The number of benzene rings is 1. The zero-order valence-corrected chi connectivity index (χ0v) is 11.8. The van der Waals surface area contributed by atoms with E-state index in [1.807, 2.05) is 6.92 Å². The number of nitrogens with one attached hydrogen (secondary N) is 1. The number of methoxy groups -OCH3 is 1. The number of halogens is 2. The van der Waals surface area contributed by atoms with Gasteiger partial charge < -0.3 is 10.1 Å². The largest absolute Gasteiger partial charge is 0.497 e. The van der Waals surface area contributed by atoms with Crippen molar-refractivity contribution in [3.63, 3.8) is 0 Å². The highest BCUT2D eigenvalue weighted by Crippen LogP contribution is 2.46. The molecule has 18 heavy (non-hydrogen) atoms. The SMILES string of the molecule is COc1ccc2c(c1)C(Cl)(CCC(C)Cl)C(=O)N2. The molecule has 3 nitrogen and oxygen atoms in total. The monoisotopic (exact) mass is 287 g/mol. The zero-order chi connectivity index (χ0) is 13.3. The molecular formula is C13H15Cl2NO2. The highest BCUT2D eigenvalue weighted by Gasteiger charge is 2.45. The second kappa shape index (κ2) is 4.98. The number of alkyl halides is 2. The molecular weight excluding hydrogens is 273 g/mol. The van der Waals surface area contributed by atoms with Gasteiger partial charge in [0, 0.05) is 16.6 Å². The molecule has 5 heteroatoms. The molecule has 98 valence electrons. The maximum atomic E-state index is 12.0. The molecule has 0 radical (unpaired) electrons. The van der Waals surface area contributed by atoms with Crippen LogP contribution in [0.3, 0.4) is 0 Å². The Labute approximate surface area is 116 Å². The molecule has 2 atom stereocenters. The highest BCUT2D eigenvalue weighted by molar-refractivity contribution is 6.39.